The molecule has 19 heavy (non-hydrogen) atoms. The molecule has 0 aromatic rings. The summed E-state index contributed by atoms with van der Waals surface area (Å²) >= 11 is 0. The molecule has 0 aliphatic carbocycles. The van der Waals surface area contributed by atoms with E-state index in [0.717, 1.165) is 45.6 Å². The highest BCUT2D eigenvalue weighted by molar-refractivity contribution is 5.78. The minimum atomic E-state index is 0.0162. The first-order valence-electron chi connectivity index (χ1n) is 7.34. The Kier molecular flexibility index (Phi) is 6.84. The van der Waals surface area contributed by atoms with Gasteiger partial charge in [0.1, 0.15) is 0 Å². The van der Waals surface area contributed by atoms with Crippen molar-refractivity contribution in [3.05, 3.63) is 0 Å². The standard InChI is InChI=1S/C14H27N3O2/c1-4-13(5-2)14(19)17-10-8-16(9-11-17)7-6-15-12(3)18/h13H,4-11H2,1-3H3,(H,15,18). The molecule has 5 heteroatoms. The van der Waals surface area contributed by atoms with Crippen molar-refractivity contribution in [1.82, 2.24) is 15.1 Å². The molecular weight excluding hydrogens is 242 g/mol. The fraction of sp³-hybridized carbons (Fsp3) is 0.857. The Bertz CT molecular complexity index is 295. The minimum Gasteiger partial charge on any atom is -0.355 e. The summed E-state index contributed by atoms with van der Waals surface area (Å²) < 4.78 is 0. The molecule has 0 saturated carbocycles. The van der Waals surface area contributed by atoms with Crippen LogP contribution in [0.15, 0.2) is 0 Å². The summed E-state index contributed by atoms with van der Waals surface area (Å²) in [6.07, 6.45) is 1.86. The van der Waals surface area contributed by atoms with E-state index in [1.807, 2.05) is 4.90 Å². The monoisotopic (exact) mass is 269 g/mol. The number of carbonyl (C=O) groups is 2. The molecule has 0 aromatic heterocycles. The first kappa shape index (κ1) is 16.0. The van der Waals surface area contributed by atoms with Crippen molar-refractivity contribution in [1.29, 1.82) is 0 Å². The number of nitrogens with zero attached hydrogens (tertiary/aromatic N) is 2. The average molecular weight is 269 g/mol. The number of nitrogens with one attached hydrogen (secondary N) is 1. The predicted molar refractivity (Wildman–Crippen MR) is 75.8 cm³/mol. The third-order valence-corrected chi connectivity index (χ3v) is 3.82. The lowest BCUT2D eigenvalue weighted by Gasteiger charge is -2.36. The second kappa shape index (κ2) is 8.15. The minimum absolute atomic E-state index is 0.0162. The Labute approximate surface area is 116 Å². The van der Waals surface area contributed by atoms with Crippen LogP contribution in [0.2, 0.25) is 0 Å². The van der Waals surface area contributed by atoms with Gasteiger partial charge in [0.15, 0.2) is 0 Å². The molecule has 5 nitrogen and oxygen atoms in total. The van der Waals surface area contributed by atoms with E-state index < -0.39 is 0 Å². The average Bonchev–Trinajstić information content (AvgIpc) is 2.40. The van der Waals surface area contributed by atoms with Crippen LogP contribution in [-0.4, -0.2) is 60.9 Å². The summed E-state index contributed by atoms with van der Waals surface area (Å²) in [6, 6.07) is 0. The van der Waals surface area contributed by atoms with E-state index in [2.05, 4.69) is 24.1 Å². The van der Waals surface area contributed by atoms with Crippen LogP contribution in [0, 0.1) is 5.92 Å². The second-order valence-electron chi connectivity index (χ2n) is 5.16. The van der Waals surface area contributed by atoms with Gasteiger partial charge in [-0.3, -0.25) is 14.5 Å². The first-order chi connectivity index (χ1) is 9.08. The zero-order chi connectivity index (χ0) is 14.3. The fourth-order valence-corrected chi connectivity index (χ4v) is 2.48. The smallest absolute Gasteiger partial charge is 0.225 e. The van der Waals surface area contributed by atoms with Gasteiger partial charge in [0.25, 0.3) is 0 Å². The van der Waals surface area contributed by atoms with Crippen molar-refractivity contribution in [3.8, 4) is 0 Å². The Morgan fingerprint density at radius 3 is 2.16 bits per heavy atom. The van der Waals surface area contributed by atoms with Gasteiger partial charge in [-0.2, -0.15) is 0 Å². The molecule has 1 N–H and O–H groups in total. The zero-order valence-corrected chi connectivity index (χ0v) is 12.4. The molecule has 1 aliphatic heterocycles. The van der Waals surface area contributed by atoms with Crippen LogP contribution in [0.25, 0.3) is 0 Å². The van der Waals surface area contributed by atoms with E-state index in [9.17, 15) is 9.59 Å². The molecule has 0 unspecified atom stereocenters. The van der Waals surface area contributed by atoms with Gasteiger partial charge in [-0.15, -0.1) is 0 Å². The van der Waals surface area contributed by atoms with Gasteiger partial charge in [0.2, 0.25) is 11.8 Å². The number of amides is 2. The normalized spacial score (nSPS) is 16.7. The molecule has 110 valence electrons. The van der Waals surface area contributed by atoms with Gasteiger partial charge in [-0.25, -0.2) is 0 Å². The summed E-state index contributed by atoms with van der Waals surface area (Å²) in [5, 5.41) is 2.80. The Hall–Kier alpha value is -1.10. The van der Waals surface area contributed by atoms with Gasteiger partial charge in [0, 0.05) is 52.1 Å². The van der Waals surface area contributed by atoms with Crippen LogP contribution in [0.1, 0.15) is 33.6 Å². The van der Waals surface area contributed by atoms with Gasteiger partial charge in [0.05, 0.1) is 0 Å². The van der Waals surface area contributed by atoms with E-state index >= 15 is 0 Å². The van der Waals surface area contributed by atoms with Crippen molar-refractivity contribution in [2.75, 3.05) is 39.3 Å². The largest absolute Gasteiger partial charge is 0.355 e. The van der Waals surface area contributed by atoms with Gasteiger partial charge < -0.3 is 10.2 Å². The number of hydrogen-bond donors (Lipinski definition) is 1. The van der Waals surface area contributed by atoms with E-state index in [1.54, 1.807) is 0 Å². The topological polar surface area (TPSA) is 52.7 Å². The van der Waals surface area contributed by atoms with Gasteiger partial charge >= 0.3 is 0 Å². The van der Waals surface area contributed by atoms with Crippen LogP contribution in [0.5, 0.6) is 0 Å². The maximum absolute atomic E-state index is 12.2. The fourth-order valence-electron chi connectivity index (χ4n) is 2.48. The molecule has 1 saturated heterocycles. The zero-order valence-electron chi connectivity index (χ0n) is 12.4. The van der Waals surface area contributed by atoms with Crippen molar-refractivity contribution >= 4 is 11.8 Å². The molecule has 1 fully saturated rings. The van der Waals surface area contributed by atoms with E-state index in [0.29, 0.717) is 12.5 Å². The highest BCUT2D eigenvalue weighted by Crippen LogP contribution is 2.13. The second-order valence-corrected chi connectivity index (χ2v) is 5.16. The third-order valence-electron chi connectivity index (χ3n) is 3.82. The Morgan fingerprint density at radius 2 is 1.68 bits per heavy atom. The third kappa shape index (κ3) is 5.19. The maximum atomic E-state index is 12.2. The molecule has 0 bridgehead atoms. The Morgan fingerprint density at radius 1 is 1.11 bits per heavy atom. The summed E-state index contributed by atoms with van der Waals surface area (Å²) in [4.78, 5) is 27.3. The van der Waals surface area contributed by atoms with Crippen LogP contribution in [-0.2, 0) is 9.59 Å². The molecular formula is C14H27N3O2. The molecule has 1 heterocycles. The molecule has 1 aliphatic rings. The van der Waals surface area contributed by atoms with Crippen molar-refractivity contribution < 1.29 is 9.59 Å². The lowest BCUT2D eigenvalue weighted by Crippen LogP contribution is -2.51. The van der Waals surface area contributed by atoms with E-state index in [1.165, 1.54) is 6.92 Å². The summed E-state index contributed by atoms with van der Waals surface area (Å²) in [6.45, 7) is 10.7. The van der Waals surface area contributed by atoms with E-state index in [4.69, 9.17) is 0 Å². The highest BCUT2D eigenvalue weighted by atomic mass is 16.2. The van der Waals surface area contributed by atoms with Crippen molar-refractivity contribution in [2.45, 2.75) is 33.6 Å². The lowest BCUT2D eigenvalue weighted by atomic mass is 10.0. The van der Waals surface area contributed by atoms with Crippen LogP contribution in [0.3, 0.4) is 0 Å². The van der Waals surface area contributed by atoms with Crippen molar-refractivity contribution in [2.24, 2.45) is 5.92 Å². The SMILES string of the molecule is CCC(CC)C(=O)N1CCN(CCNC(C)=O)CC1. The van der Waals surface area contributed by atoms with Gasteiger partial charge in [-0.1, -0.05) is 13.8 Å². The summed E-state index contributed by atoms with van der Waals surface area (Å²) in [7, 11) is 0. The molecule has 0 aromatic carbocycles. The molecule has 0 atom stereocenters. The lowest BCUT2D eigenvalue weighted by molar-refractivity contribution is -0.137. The van der Waals surface area contributed by atoms with E-state index in [-0.39, 0.29) is 11.8 Å². The summed E-state index contributed by atoms with van der Waals surface area (Å²) in [5.74, 6) is 0.514. The first-order valence-corrected chi connectivity index (χ1v) is 7.34. The molecule has 1 rings (SSSR count). The highest BCUT2D eigenvalue weighted by Gasteiger charge is 2.25. The number of carbonyl (C=O) groups excluding carboxylic acids is 2. The Balaban J connectivity index is 2.28. The van der Waals surface area contributed by atoms with Crippen LogP contribution in [0.4, 0.5) is 0 Å². The summed E-state index contributed by atoms with van der Waals surface area (Å²) in [5.41, 5.74) is 0. The molecule has 0 spiro atoms. The number of piperazine rings is 1. The van der Waals surface area contributed by atoms with Crippen LogP contribution >= 0.6 is 0 Å². The predicted octanol–water partition coefficient (Wildman–Crippen LogP) is 0.703. The van der Waals surface area contributed by atoms with Crippen LogP contribution < -0.4 is 5.32 Å². The van der Waals surface area contributed by atoms with Crippen molar-refractivity contribution in [3.63, 3.8) is 0 Å². The number of rotatable bonds is 6. The molecule has 0 radical (unpaired) electrons. The number of hydrogen-bond acceptors (Lipinski definition) is 3. The molecule has 2 amide bonds. The maximum Gasteiger partial charge on any atom is 0.225 e. The quantitative estimate of drug-likeness (QED) is 0.772. The van der Waals surface area contributed by atoms with Gasteiger partial charge in [-0.05, 0) is 12.8 Å².